The molecule has 7 nitrogen and oxygen atoms in total. The molecule has 168 valence electrons. The lowest BCUT2D eigenvalue weighted by atomic mass is 10.2. The van der Waals surface area contributed by atoms with E-state index in [4.69, 9.17) is 21.1 Å². The summed E-state index contributed by atoms with van der Waals surface area (Å²) >= 11 is 7.53. The predicted molar refractivity (Wildman–Crippen MR) is 131 cm³/mol. The van der Waals surface area contributed by atoms with Crippen LogP contribution in [0.1, 0.15) is 0 Å². The van der Waals surface area contributed by atoms with Gasteiger partial charge in [-0.1, -0.05) is 47.6 Å². The van der Waals surface area contributed by atoms with Crippen LogP contribution in [0.4, 0.5) is 5.69 Å². The maximum atomic E-state index is 13.3. The van der Waals surface area contributed by atoms with Gasteiger partial charge >= 0.3 is 0 Å². The van der Waals surface area contributed by atoms with Crippen molar-refractivity contribution in [3.8, 4) is 17.2 Å². The number of nitrogens with zero attached hydrogens (tertiary/aromatic N) is 2. The third-order valence-corrected chi connectivity index (χ3v) is 6.10. The summed E-state index contributed by atoms with van der Waals surface area (Å²) in [6, 6.07) is 19.2. The normalized spacial score (nSPS) is 10.8. The minimum Gasteiger partial charge on any atom is -0.493 e. The van der Waals surface area contributed by atoms with E-state index in [-0.39, 0.29) is 17.2 Å². The molecule has 3 aromatic carbocycles. The van der Waals surface area contributed by atoms with Crippen molar-refractivity contribution in [2.75, 3.05) is 25.3 Å². The number of amides is 1. The molecule has 0 spiro atoms. The maximum Gasteiger partial charge on any atom is 0.266 e. The molecule has 0 bridgehead atoms. The van der Waals surface area contributed by atoms with Gasteiger partial charge in [-0.2, -0.15) is 0 Å². The summed E-state index contributed by atoms with van der Waals surface area (Å²) in [4.78, 5) is 30.6. The number of ether oxygens (including phenoxy) is 2. The first-order chi connectivity index (χ1) is 16.0. The summed E-state index contributed by atoms with van der Waals surface area (Å²) in [7, 11) is 3.07. The molecule has 0 radical (unpaired) electrons. The van der Waals surface area contributed by atoms with Crippen LogP contribution in [0.3, 0.4) is 0 Å². The summed E-state index contributed by atoms with van der Waals surface area (Å²) in [5.41, 5.74) is 1.36. The molecule has 1 aromatic heterocycles. The number of carbonyl (C=O) groups excluding carboxylic acids is 1. The van der Waals surface area contributed by atoms with Crippen LogP contribution in [-0.2, 0) is 4.79 Å². The summed E-state index contributed by atoms with van der Waals surface area (Å²) in [5.74, 6) is 0.838. The lowest BCUT2D eigenvalue weighted by Gasteiger charge is -2.14. The third kappa shape index (κ3) is 4.81. The number of methoxy groups -OCH3 is 2. The van der Waals surface area contributed by atoms with Crippen LogP contribution in [0.15, 0.2) is 76.7 Å². The van der Waals surface area contributed by atoms with Crippen LogP contribution in [-0.4, -0.2) is 35.4 Å². The van der Waals surface area contributed by atoms with Crippen LogP contribution in [0.25, 0.3) is 16.6 Å². The first-order valence-electron chi connectivity index (χ1n) is 9.93. The second-order valence-electron chi connectivity index (χ2n) is 6.91. The number of anilines is 1. The number of benzene rings is 3. The van der Waals surface area contributed by atoms with E-state index in [9.17, 15) is 9.59 Å². The quantitative estimate of drug-likeness (QED) is 0.302. The van der Waals surface area contributed by atoms with Crippen molar-refractivity contribution in [3.63, 3.8) is 0 Å². The van der Waals surface area contributed by atoms with Gasteiger partial charge in [0.25, 0.3) is 5.56 Å². The Hall–Kier alpha value is -3.49. The number of para-hydroxylation sites is 2. The Morgan fingerprint density at radius 2 is 1.76 bits per heavy atom. The van der Waals surface area contributed by atoms with Gasteiger partial charge < -0.3 is 14.8 Å². The van der Waals surface area contributed by atoms with E-state index in [0.29, 0.717) is 44.0 Å². The van der Waals surface area contributed by atoms with E-state index in [1.165, 1.54) is 11.7 Å². The van der Waals surface area contributed by atoms with Gasteiger partial charge in [0, 0.05) is 11.8 Å². The Bertz CT molecular complexity index is 1390. The molecule has 1 N–H and O–H groups in total. The molecular formula is C24H20ClN3O4S. The van der Waals surface area contributed by atoms with Crippen molar-refractivity contribution in [3.05, 3.63) is 82.1 Å². The van der Waals surface area contributed by atoms with Gasteiger partial charge in [-0.25, -0.2) is 4.98 Å². The zero-order chi connectivity index (χ0) is 23.4. The fourth-order valence-corrected chi connectivity index (χ4v) is 4.32. The van der Waals surface area contributed by atoms with Gasteiger partial charge in [0.05, 0.1) is 41.6 Å². The number of halogens is 1. The van der Waals surface area contributed by atoms with Gasteiger partial charge in [-0.15, -0.1) is 0 Å². The SMILES string of the molecule is COc1ccc(NC(=O)CSc2nc3ccccc3c(=O)n2-c2ccccc2Cl)cc1OC. The number of hydrogen-bond acceptors (Lipinski definition) is 6. The second-order valence-corrected chi connectivity index (χ2v) is 8.26. The molecule has 1 heterocycles. The number of nitrogens with one attached hydrogen (secondary N) is 1. The lowest BCUT2D eigenvalue weighted by molar-refractivity contribution is -0.113. The van der Waals surface area contributed by atoms with Crippen molar-refractivity contribution in [1.29, 1.82) is 0 Å². The smallest absolute Gasteiger partial charge is 0.266 e. The monoisotopic (exact) mass is 481 g/mol. The fourth-order valence-electron chi connectivity index (χ4n) is 3.30. The third-order valence-electron chi connectivity index (χ3n) is 4.84. The molecule has 0 saturated heterocycles. The molecule has 0 saturated carbocycles. The van der Waals surface area contributed by atoms with Crippen LogP contribution in [0, 0.1) is 0 Å². The number of carbonyl (C=O) groups is 1. The molecule has 9 heteroatoms. The Balaban J connectivity index is 1.63. The minimum atomic E-state index is -0.264. The van der Waals surface area contributed by atoms with Crippen LogP contribution < -0.4 is 20.3 Å². The molecule has 0 aliphatic carbocycles. The maximum absolute atomic E-state index is 13.3. The highest BCUT2D eigenvalue weighted by atomic mass is 35.5. The Labute approximate surface area is 199 Å². The van der Waals surface area contributed by atoms with Crippen molar-refractivity contribution in [1.82, 2.24) is 9.55 Å². The van der Waals surface area contributed by atoms with E-state index in [1.807, 2.05) is 6.07 Å². The van der Waals surface area contributed by atoms with Gasteiger partial charge in [0.15, 0.2) is 16.7 Å². The van der Waals surface area contributed by atoms with E-state index in [1.54, 1.807) is 67.8 Å². The average Bonchev–Trinajstić information content (AvgIpc) is 2.83. The molecule has 1 amide bonds. The highest BCUT2D eigenvalue weighted by molar-refractivity contribution is 7.99. The molecule has 0 unspecified atom stereocenters. The summed E-state index contributed by atoms with van der Waals surface area (Å²) in [5, 5.41) is 4.07. The van der Waals surface area contributed by atoms with Crippen molar-refractivity contribution >= 4 is 45.9 Å². The van der Waals surface area contributed by atoms with Crippen LogP contribution >= 0.6 is 23.4 Å². The highest BCUT2D eigenvalue weighted by Crippen LogP contribution is 2.30. The van der Waals surface area contributed by atoms with Gasteiger partial charge in [-0.05, 0) is 36.4 Å². The highest BCUT2D eigenvalue weighted by Gasteiger charge is 2.17. The van der Waals surface area contributed by atoms with E-state index >= 15 is 0 Å². The molecule has 0 fully saturated rings. The number of thioether (sulfide) groups is 1. The minimum absolute atomic E-state index is 0.0313. The molecule has 0 aliphatic heterocycles. The molecule has 4 rings (SSSR count). The zero-order valence-electron chi connectivity index (χ0n) is 17.9. The van der Waals surface area contributed by atoms with Gasteiger partial charge in [0.1, 0.15) is 0 Å². The number of hydrogen-bond donors (Lipinski definition) is 1. The van der Waals surface area contributed by atoms with E-state index in [0.717, 1.165) is 11.8 Å². The number of rotatable bonds is 7. The first kappa shape index (κ1) is 22.7. The second kappa shape index (κ2) is 9.97. The summed E-state index contributed by atoms with van der Waals surface area (Å²) in [6.07, 6.45) is 0. The Morgan fingerprint density at radius 3 is 2.52 bits per heavy atom. The van der Waals surface area contributed by atoms with E-state index in [2.05, 4.69) is 10.3 Å². The van der Waals surface area contributed by atoms with Crippen LogP contribution in [0.5, 0.6) is 11.5 Å². The van der Waals surface area contributed by atoms with Crippen molar-refractivity contribution < 1.29 is 14.3 Å². The standard InChI is InChI=1S/C24H20ClN3O4S/c1-31-20-12-11-15(13-21(20)32-2)26-22(29)14-33-24-27-18-9-5-3-7-16(18)23(30)28(24)19-10-6-4-8-17(19)25/h3-13H,14H2,1-2H3,(H,26,29). The number of aromatic nitrogens is 2. The lowest BCUT2D eigenvalue weighted by Crippen LogP contribution is -2.23. The molecule has 33 heavy (non-hydrogen) atoms. The molecule has 0 atom stereocenters. The molecule has 4 aromatic rings. The van der Waals surface area contributed by atoms with Crippen LogP contribution in [0.2, 0.25) is 5.02 Å². The summed E-state index contributed by atoms with van der Waals surface area (Å²) in [6.45, 7) is 0. The van der Waals surface area contributed by atoms with Crippen molar-refractivity contribution in [2.24, 2.45) is 0 Å². The van der Waals surface area contributed by atoms with Gasteiger partial charge in [-0.3, -0.25) is 14.2 Å². The zero-order valence-corrected chi connectivity index (χ0v) is 19.4. The fraction of sp³-hybridized carbons (Fsp3) is 0.125. The van der Waals surface area contributed by atoms with Gasteiger partial charge in [0.2, 0.25) is 5.91 Å². The largest absolute Gasteiger partial charge is 0.493 e. The van der Waals surface area contributed by atoms with Crippen molar-refractivity contribution in [2.45, 2.75) is 5.16 Å². The Morgan fingerprint density at radius 1 is 1.03 bits per heavy atom. The predicted octanol–water partition coefficient (Wildman–Crippen LogP) is 4.79. The first-order valence-corrected chi connectivity index (χ1v) is 11.3. The number of fused-ring (bicyclic) bond motifs is 1. The molecular weight excluding hydrogens is 462 g/mol. The Kier molecular flexibility index (Phi) is 6.86. The average molecular weight is 482 g/mol. The topological polar surface area (TPSA) is 82.5 Å². The molecule has 0 aliphatic rings. The summed E-state index contributed by atoms with van der Waals surface area (Å²) < 4.78 is 11.9. The van der Waals surface area contributed by atoms with E-state index < -0.39 is 0 Å².